The van der Waals surface area contributed by atoms with Crippen molar-refractivity contribution < 1.29 is 10.2 Å². The number of aliphatic hydroxyl groups excluding tert-OH is 1. The summed E-state index contributed by atoms with van der Waals surface area (Å²) in [5.74, 6) is 0. The van der Waals surface area contributed by atoms with E-state index >= 15 is 0 Å². The number of rotatable bonds is 2. The molecule has 88 valence electrons. The largest absolute Gasteiger partial charge is 0.392 e. The lowest BCUT2D eigenvalue weighted by Gasteiger charge is -2.21. The number of hydrogen-bond donors (Lipinski definition) is 2. The molecular formula is C13H19NO2. The average Bonchev–Trinajstić information content (AvgIpc) is 2.59. The van der Waals surface area contributed by atoms with Crippen LogP contribution in [0.3, 0.4) is 0 Å². The summed E-state index contributed by atoms with van der Waals surface area (Å²) in [5.41, 5.74) is 2.64. The Morgan fingerprint density at radius 2 is 2.19 bits per heavy atom. The first kappa shape index (κ1) is 11.4. The normalized spacial score (nSPS) is 25.1. The molecular weight excluding hydrogens is 202 g/mol. The van der Waals surface area contributed by atoms with E-state index in [0.29, 0.717) is 6.54 Å². The van der Waals surface area contributed by atoms with Crippen molar-refractivity contribution in [1.29, 1.82) is 0 Å². The molecule has 16 heavy (non-hydrogen) atoms. The summed E-state index contributed by atoms with van der Waals surface area (Å²) in [6.07, 6.45) is 0.813. The topological polar surface area (TPSA) is 43.7 Å². The molecule has 0 amide bonds. The van der Waals surface area contributed by atoms with Gasteiger partial charge in [-0.15, -0.1) is 0 Å². The van der Waals surface area contributed by atoms with Crippen LogP contribution in [-0.2, 0) is 6.61 Å². The SMILES string of the molecule is Cc1cc(N2CCC(C)(O)C2)ccc1CO. The van der Waals surface area contributed by atoms with Gasteiger partial charge in [0.2, 0.25) is 0 Å². The molecule has 1 unspecified atom stereocenters. The lowest BCUT2D eigenvalue weighted by atomic mass is 10.1. The van der Waals surface area contributed by atoms with Crippen molar-refractivity contribution in [3.63, 3.8) is 0 Å². The molecule has 0 bridgehead atoms. The van der Waals surface area contributed by atoms with Gasteiger partial charge in [0.05, 0.1) is 12.2 Å². The van der Waals surface area contributed by atoms with E-state index in [2.05, 4.69) is 11.0 Å². The van der Waals surface area contributed by atoms with Gasteiger partial charge in [-0.3, -0.25) is 0 Å². The molecule has 1 saturated heterocycles. The number of hydrogen-bond acceptors (Lipinski definition) is 3. The monoisotopic (exact) mass is 221 g/mol. The summed E-state index contributed by atoms with van der Waals surface area (Å²) in [4.78, 5) is 2.19. The lowest BCUT2D eigenvalue weighted by molar-refractivity contribution is 0.0839. The minimum absolute atomic E-state index is 0.0871. The maximum absolute atomic E-state index is 9.91. The molecule has 1 aliphatic rings. The maximum Gasteiger partial charge on any atom is 0.0810 e. The van der Waals surface area contributed by atoms with Crippen LogP contribution in [-0.4, -0.2) is 28.9 Å². The fourth-order valence-corrected chi connectivity index (χ4v) is 2.22. The third kappa shape index (κ3) is 2.20. The number of aryl methyl sites for hydroxylation is 1. The lowest BCUT2D eigenvalue weighted by Crippen LogP contribution is -2.29. The molecule has 1 fully saturated rings. The number of aliphatic hydroxyl groups is 2. The van der Waals surface area contributed by atoms with Crippen LogP contribution in [0.1, 0.15) is 24.5 Å². The van der Waals surface area contributed by atoms with Gasteiger partial charge in [-0.25, -0.2) is 0 Å². The Labute approximate surface area is 96.3 Å². The third-order valence-corrected chi connectivity index (χ3v) is 3.31. The quantitative estimate of drug-likeness (QED) is 0.794. The van der Waals surface area contributed by atoms with Crippen molar-refractivity contribution in [3.05, 3.63) is 29.3 Å². The number of benzene rings is 1. The van der Waals surface area contributed by atoms with Gasteiger partial charge in [0.25, 0.3) is 0 Å². The Kier molecular flexibility index (Phi) is 2.91. The minimum atomic E-state index is -0.566. The first-order valence-electron chi connectivity index (χ1n) is 5.69. The molecule has 0 saturated carbocycles. The highest BCUT2D eigenvalue weighted by Gasteiger charge is 2.31. The molecule has 0 aromatic heterocycles. The molecule has 1 aliphatic heterocycles. The molecule has 2 rings (SSSR count). The second kappa shape index (κ2) is 4.07. The van der Waals surface area contributed by atoms with Crippen LogP contribution in [0.25, 0.3) is 0 Å². The molecule has 1 heterocycles. The van der Waals surface area contributed by atoms with Gasteiger partial charge in [0, 0.05) is 18.8 Å². The summed E-state index contributed by atoms with van der Waals surface area (Å²) in [6, 6.07) is 6.05. The van der Waals surface area contributed by atoms with E-state index in [1.54, 1.807) is 0 Å². The smallest absolute Gasteiger partial charge is 0.0810 e. The summed E-state index contributed by atoms with van der Waals surface area (Å²) in [7, 11) is 0. The van der Waals surface area contributed by atoms with Crippen molar-refractivity contribution in [3.8, 4) is 0 Å². The molecule has 0 spiro atoms. The van der Waals surface area contributed by atoms with E-state index in [4.69, 9.17) is 5.11 Å². The number of β-amino-alcohol motifs (C(OH)–C–C–N with tert-alkyl or cyclic N) is 1. The van der Waals surface area contributed by atoms with Crippen molar-refractivity contribution in [2.45, 2.75) is 32.5 Å². The maximum atomic E-state index is 9.91. The Morgan fingerprint density at radius 1 is 1.44 bits per heavy atom. The molecule has 2 N–H and O–H groups in total. The standard InChI is InChI=1S/C13H19NO2/c1-10-7-12(4-3-11(10)8-15)14-6-5-13(2,16)9-14/h3-4,7,15-16H,5-6,8-9H2,1-2H3. The van der Waals surface area contributed by atoms with Gasteiger partial charge in [0.1, 0.15) is 0 Å². The Hall–Kier alpha value is -1.06. The Balaban J connectivity index is 2.20. The fraction of sp³-hybridized carbons (Fsp3) is 0.538. The zero-order chi connectivity index (χ0) is 11.8. The van der Waals surface area contributed by atoms with Gasteiger partial charge < -0.3 is 15.1 Å². The molecule has 3 heteroatoms. The Bertz CT molecular complexity index is 388. The van der Waals surface area contributed by atoms with Gasteiger partial charge in [-0.05, 0) is 43.5 Å². The van der Waals surface area contributed by atoms with E-state index in [1.165, 1.54) is 0 Å². The van der Waals surface area contributed by atoms with Crippen molar-refractivity contribution in [2.24, 2.45) is 0 Å². The van der Waals surface area contributed by atoms with Crippen LogP contribution < -0.4 is 4.90 Å². The van der Waals surface area contributed by atoms with E-state index in [0.717, 1.165) is 29.8 Å². The van der Waals surface area contributed by atoms with Crippen LogP contribution >= 0.6 is 0 Å². The third-order valence-electron chi connectivity index (χ3n) is 3.31. The molecule has 1 aromatic carbocycles. The van der Waals surface area contributed by atoms with Gasteiger partial charge in [0.15, 0.2) is 0 Å². The highest BCUT2D eigenvalue weighted by atomic mass is 16.3. The van der Waals surface area contributed by atoms with E-state index in [9.17, 15) is 5.11 Å². The van der Waals surface area contributed by atoms with Gasteiger partial charge in [-0.2, -0.15) is 0 Å². The number of nitrogens with zero attached hydrogens (tertiary/aromatic N) is 1. The van der Waals surface area contributed by atoms with Crippen LogP contribution in [0.4, 0.5) is 5.69 Å². The van der Waals surface area contributed by atoms with Gasteiger partial charge >= 0.3 is 0 Å². The predicted molar refractivity (Wildman–Crippen MR) is 64.6 cm³/mol. The van der Waals surface area contributed by atoms with Crippen LogP contribution in [0.15, 0.2) is 18.2 Å². The van der Waals surface area contributed by atoms with Crippen molar-refractivity contribution in [1.82, 2.24) is 0 Å². The minimum Gasteiger partial charge on any atom is -0.392 e. The average molecular weight is 221 g/mol. The first-order valence-corrected chi connectivity index (χ1v) is 5.69. The molecule has 1 atom stereocenters. The van der Waals surface area contributed by atoms with Gasteiger partial charge in [-0.1, -0.05) is 6.07 Å². The van der Waals surface area contributed by atoms with E-state index < -0.39 is 5.60 Å². The Morgan fingerprint density at radius 3 is 2.69 bits per heavy atom. The second-order valence-electron chi connectivity index (χ2n) is 4.94. The first-order chi connectivity index (χ1) is 7.52. The molecule has 1 aromatic rings. The van der Waals surface area contributed by atoms with E-state index in [1.807, 2.05) is 26.0 Å². The summed E-state index contributed by atoms with van der Waals surface area (Å²) in [6.45, 7) is 5.55. The predicted octanol–water partition coefficient (Wildman–Crippen LogP) is 1.45. The van der Waals surface area contributed by atoms with Crippen molar-refractivity contribution >= 4 is 5.69 Å². The summed E-state index contributed by atoms with van der Waals surface area (Å²) in [5, 5.41) is 19.0. The molecule has 3 nitrogen and oxygen atoms in total. The van der Waals surface area contributed by atoms with Crippen LogP contribution in [0.5, 0.6) is 0 Å². The number of anilines is 1. The van der Waals surface area contributed by atoms with Crippen molar-refractivity contribution in [2.75, 3.05) is 18.0 Å². The second-order valence-corrected chi connectivity index (χ2v) is 4.94. The molecule has 0 aliphatic carbocycles. The summed E-state index contributed by atoms with van der Waals surface area (Å²) < 4.78 is 0. The zero-order valence-corrected chi connectivity index (χ0v) is 9.90. The zero-order valence-electron chi connectivity index (χ0n) is 9.90. The highest BCUT2D eigenvalue weighted by Crippen LogP contribution is 2.27. The summed E-state index contributed by atoms with van der Waals surface area (Å²) >= 11 is 0. The van der Waals surface area contributed by atoms with Crippen LogP contribution in [0, 0.1) is 6.92 Å². The van der Waals surface area contributed by atoms with E-state index in [-0.39, 0.29) is 6.61 Å². The molecule has 0 radical (unpaired) electrons. The highest BCUT2D eigenvalue weighted by molar-refractivity contribution is 5.52. The van der Waals surface area contributed by atoms with Crippen LogP contribution in [0.2, 0.25) is 0 Å². The fourth-order valence-electron chi connectivity index (χ4n) is 2.22.